The lowest BCUT2D eigenvalue weighted by Crippen LogP contribution is -2.55. The van der Waals surface area contributed by atoms with E-state index >= 15 is 0 Å². The summed E-state index contributed by atoms with van der Waals surface area (Å²) in [5, 5.41) is 13.8. The first-order valence-electron chi connectivity index (χ1n) is 14.8. The van der Waals surface area contributed by atoms with Crippen LogP contribution in [0.15, 0.2) is 36.5 Å². The maximum Gasteiger partial charge on any atom is 0.160 e. The molecule has 3 aromatic rings. The molecule has 0 bridgehead atoms. The molecule has 8 heteroatoms. The lowest BCUT2D eigenvalue weighted by molar-refractivity contribution is 0.0505. The molecule has 2 N–H and O–H groups in total. The van der Waals surface area contributed by atoms with Crippen LogP contribution in [0.4, 0.5) is 0 Å². The van der Waals surface area contributed by atoms with Crippen molar-refractivity contribution in [1.82, 2.24) is 34.6 Å². The summed E-state index contributed by atoms with van der Waals surface area (Å²) in [7, 11) is 4.31. The molecule has 2 aliphatic rings. The Hall–Kier alpha value is -2.52. The fraction of sp³-hybridized carbons (Fsp3) is 0.613. The first-order chi connectivity index (χ1) is 18.7. The summed E-state index contributed by atoms with van der Waals surface area (Å²) >= 11 is 0. The number of hydrogen-bond acceptors (Lipinski definition) is 7. The smallest absolute Gasteiger partial charge is 0.160 e. The number of benzene rings is 1. The maximum atomic E-state index is 10.1. The number of phenolic OH excluding ortho intramolecular Hbond substituents is 1. The standard InChI is InChI=1S/C31H47N7O/c1-7-28(37-19-22(3)33-23(4)20-37)30-34-27-16-24(18-32-29(27)38(30)8-2)21-36-14-12-31(13-15-36,35(5)6)25-10-9-11-26(39)17-25/h9-11,16-18,22-23,28,33,39H,7-8,12-15,19-21H2,1-6H3/t22-,23+,28?. The van der Waals surface area contributed by atoms with Crippen molar-refractivity contribution in [1.29, 1.82) is 0 Å². The molecule has 3 atom stereocenters. The van der Waals surface area contributed by atoms with Crippen molar-refractivity contribution in [3.63, 3.8) is 0 Å². The fourth-order valence-corrected chi connectivity index (χ4v) is 7.08. The summed E-state index contributed by atoms with van der Waals surface area (Å²) in [6, 6.07) is 11.3. The van der Waals surface area contributed by atoms with Gasteiger partial charge >= 0.3 is 0 Å². The molecule has 0 saturated carbocycles. The van der Waals surface area contributed by atoms with Gasteiger partial charge < -0.3 is 15.0 Å². The van der Waals surface area contributed by atoms with Gasteiger partial charge in [-0.2, -0.15) is 0 Å². The Morgan fingerprint density at radius 2 is 1.82 bits per heavy atom. The van der Waals surface area contributed by atoms with Gasteiger partial charge in [0.15, 0.2) is 5.65 Å². The van der Waals surface area contributed by atoms with Gasteiger partial charge in [0.1, 0.15) is 17.1 Å². The Bertz CT molecular complexity index is 1250. The van der Waals surface area contributed by atoms with E-state index in [0.29, 0.717) is 23.9 Å². The highest BCUT2D eigenvalue weighted by molar-refractivity contribution is 5.72. The van der Waals surface area contributed by atoms with Crippen LogP contribution < -0.4 is 5.32 Å². The number of piperazine rings is 1. The van der Waals surface area contributed by atoms with Crippen molar-refractivity contribution >= 4 is 11.2 Å². The molecule has 8 nitrogen and oxygen atoms in total. The van der Waals surface area contributed by atoms with Gasteiger partial charge in [0.2, 0.25) is 0 Å². The molecular formula is C31H47N7O. The molecule has 1 unspecified atom stereocenters. The van der Waals surface area contributed by atoms with Crippen molar-refractivity contribution in [3.05, 3.63) is 53.5 Å². The number of pyridine rings is 1. The van der Waals surface area contributed by atoms with Crippen LogP contribution in [0.1, 0.15) is 70.0 Å². The number of hydrogen-bond donors (Lipinski definition) is 2. The van der Waals surface area contributed by atoms with E-state index in [1.165, 1.54) is 11.1 Å². The number of rotatable bonds is 8. The van der Waals surface area contributed by atoms with Crippen LogP contribution in [0, 0.1) is 0 Å². The number of aromatic hydroxyl groups is 1. The highest BCUT2D eigenvalue weighted by Crippen LogP contribution is 2.39. The molecule has 5 rings (SSSR count). The number of fused-ring (bicyclic) bond motifs is 1. The molecule has 2 aliphatic heterocycles. The average Bonchev–Trinajstić information content (AvgIpc) is 3.26. The van der Waals surface area contributed by atoms with Crippen LogP contribution in [0.25, 0.3) is 11.2 Å². The molecular weight excluding hydrogens is 486 g/mol. The average molecular weight is 534 g/mol. The zero-order chi connectivity index (χ0) is 27.7. The molecule has 0 amide bonds. The van der Waals surface area contributed by atoms with Crippen molar-refractivity contribution in [2.24, 2.45) is 0 Å². The molecule has 0 spiro atoms. The third-order valence-electron chi connectivity index (χ3n) is 9.03. The molecule has 2 saturated heterocycles. The lowest BCUT2D eigenvalue weighted by Gasteiger charge is -2.46. The summed E-state index contributed by atoms with van der Waals surface area (Å²) in [4.78, 5) is 17.6. The molecule has 39 heavy (non-hydrogen) atoms. The van der Waals surface area contributed by atoms with E-state index in [1.807, 2.05) is 12.1 Å². The van der Waals surface area contributed by atoms with E-state index in [4.69, 9.17) is 9.97 Å². The number of nitrogens with zero attached hydrogens (tertiary/aromatic N) is 6. The highest BCUT2D eigenvalue weighted by Gasteiger charge is 2.38. The number of aromatic nitrogens is 3. The number of aryl methyl sites for hydroxylation is 1. The Kier molecular flexibility index (Phi) is 8.29. The summed E-state index contributed by atoms with van der Waals surface area (Å²) in [5.74, 6) is 1.49. The number of likely N-dealkylation sites (tertiary alicyclic amines) is 1. The van der Waals surface area contributed by atoms with Crippen molar-refractivity contribution in [2.45, 2.75) is 83.7 Å². The summed E-state index contributed by atoms with van der Waals surface area (Å²) in [6.07, 6.45) is 5.13. The third kappa shape index (κ3) is 5.57. The number of imidazole rings is 1. The SMILES string of the molecule is CCC(c1nc2cc(CN3CCC(c4cccc(O)c4)(N(C)C)CC3)cnc2n1CC)N1C[C@@H](C)N[C@@H](C)C1. The second kappa shape index (κ2) is 11.5. The number of nitrogens with one attached hydrogen (secondary N) is 1. The van der Waals surface area contributed by atoms with Gasteiger partial charge in [0.05, 0.1) is 6.04 Å². The Labute approximate surface area is 234 Å². The topological polar surface area (TPSA) is 72.7 Å². The van der Waals surface area contributed by atoms with E-state index in [-0.39, 0.29) is 5.54 Å². The van der Waals surface area contributed by atoms with Crippen LogP contribution in [0.5, 0.6) is 5.75 Å². The summed E-state index contributed by atoms with van der Waals surface area (Å²) in [5.41, 5.74) is 4.38. The lowest BCUT2D eigenvalue weighted by atomic mass is 9.79. The van der Waals surface area contributed by atoms with Gasteiger partial charge in [-0.25, -0.2) is 9.97 Å². The summed E-state index contributed by atoms with van der Waals surface area (Å²) < 4.78 is 2.33. The second-order valence-corrected chi connectivity index (χ2v) is 12.0. The fourth-order valence-electron chi connectivity index (χ4n) is 7.08. The van der Waals surface area contributed by atoms with Crippen molar-refractivity contribution in [3.8, 4) is 5.75 Å². The maximum absolute atomic E-state index is 10.1. The first kappa shape index (κ1) is 28.0. The largest absolute Gasteiger partial charge is 0.508 e. The first-order valence-corrected chi connectivity index (χ1v) is 14.8. The van der Waals surface area contributed by atoms with Gasteiger partial charge in [-0.15, -0.1) is 0 Å². The van der Waals surface area contributed by atoms with Crippen LogP contribution >= 0.6 is 0 Å². The van der Waals surface area contributed by atoms with E-state index in [1.54, 1.807) is 6.07 Å². The molecule has 4 heterocycles. The van der Waals surface area contributed by atoms with Crippen molar-refractivity contribution < 1.29 is 5.11 Å². The van der Waals surface area contributed by atoms with Gasteiger partial charge in [0.25, 0.3) is 0 Å². The van der Waals surface area contributed by atoms with Crippen LogP contribution in [0.3, 0.4) is 0 Å². The minimum absolute atomic E-state index is 0.0552. The predicted octanol–water partition coefficient (Wildman–Crippen LogP) is 4.34. The van der Waals surface area contributed by atoms with Gasteiger partial charge in [-0.05, 0) is 83.5 Å². The molecule has 0 radical (unpaired) electrons. The number of phenols is 1. The molecule has 2 aromatic heterocycles. The minimum Gasteiger partial charge on any atom is -0.508 e. The number of piperidine rings is 1. The molecule has 1 aromatic carbocycles. The molecule has 0 aliphatic carbocycles. The van der Waals surface area contributed by atoms with E-state index in [9.17, 15) is 5.11 Å². The van der Waals surface area contributed by atoms with E-state index < -0.39 is 0 Å². The van der Waals surface area contributed by atoms with Gasteiger partial charge in [0, 0.05) is 63.1 Å². The van der Waals surface area contributed by atoms with Gasteiger partial charge in [-0.3, -0.25) is 14.7 Å². The monoisotopic (exact) mass is 533 g/mol. The Morgan fingerprint density at radius 3 is 2.44 bits per heavy atom. The highest BCUT2D eigenvalue weighted by atomic mass is 16.3. The zero-order valence-electron chi connectivity index (χ0n) is 24.7. The minimum atomic E-state index is -0.0552. The Morgan fingerprint density at radius 1 is 1.10 bits per heavy atom. The Balaban J connectivity index is 1.34. The van der Waals surface area contributed by atoms with E-state index in [2.05, 4.69) is 84.7 Å². The van der Waals surface area contributed by atoms with Crippen LogP contribution in [-0.4, -0.2) is 86.7 Å². The molecule has 212 valence electrons. The molecule has 2 fully saturated rings. The normalized spacial score (nSPS) is 23.5. The third-order valence-corrected chi connectivity index (χ3v) is 9.03. The summed E-state index contributed by atoms with van der Waals surface area (Å²) in [6.45, 7) is 14.9. The zero-order valence-corrected chi connectivity index (χ0v) is 24.7. The second-order valence-electron chi connectivity index (χ2n) is 12.0. The predicted molar refractivity (Wildman–Crippen MR) is 158 cm³/mol. The van der Waals surface area contributed by atoms with Crippen molar-refractivity contribution in [2.75, 3.05) is 40.3 Å². The van der Waals surface area contributed by atoms with Gasteiger partial charge in [-0.1, -0.05) is 19.1 Å². The van der Waals surface area contributed by atoms with Crippen LogP contribution in [-0.2, 0) is 18.6 Å². The van der Waals surface area contributed by atoms with Crippen LogP contribution in [0.2, 0.25) is 0 Å². The quantitative estimate of drug-likeness (QED) is 0.446. The van der Waals surface area contributed by atoms with E-state index in [0.717, 1.165) is 75.5 Å².